The SMILES string of the molecule is CCCCCn1cc(CN2CC(=Cc3ccc(C)cc3)C(=O)C(=Cc3ccc(C)cc3)C2)nn1. The molecule has 0 unspecified atom stereocenters. The Kier molecular flexibility index (Phi) is 7.86. The molecule has 0 amide bonds. The second kappa shape index (κ2) is 11.2. The first-order chi connectivity index (χ1) is 16.5. The maximum atomic E-state index is 13.4. The van der Waals surface area contributed by atoms with E-state index in [0.29, 0.717) is 19.6 Å². The maximum Gasteiger partial charge on any atom is 0.187 e. The van der Waals surface area contributed by atoms with Gasteiger partial charge in [-0.1, -0.05) is 84.6 Å². The van der Waals surface area contributed by atoms with E-state index in [9.17, 15) is 4.79 Å². The lowest BCUT2D eigenvalue weighted by Crippen LogP contribution is -2.37. The van der Waals surface area contributed by atoms with E-state index in [0.717, 1.165) is 40.9 Å². The van der Waals surface area contributed by atoms with Gasteiger partial charge in [0.15, 0.2) is 5.78 Å². The molecular weight excluding hydrogens is 420 g/mol. The highest BCUT2D eigenvalue weighted by Gasteiger charge is 2.26. The van der Waals surface area contributed by atoms with E-state index in [1.165, 1.54) is 24.0 Å². The quantitative estimate of drug-likeness (QED) is 0.327. The van der Waals surface area contributed by atoms with E-state index in [4.69, 9.17) is 0 Å². The highest BCUT2D eigenvalue weighted by atomic mass is 16.1. The van der Waals surface area contributed by atoms with Gasteiger partial charge >= 0.3 is 0 Å². The molecule has 2 aromatic carbocycles. The predicted octanol–water partition coefficient (Wildman–Crippen LogP) is 5.64. The van der Waals surface area contributed by atoms with Gasteiger partial charge in [0.1, 0.15) is 0 Å². The van der Waals surface area contributed by atoms with Gasteiger partial charge in [-0.25, -0.2) is 0 Å². The van der Waals surface area contributed by atoms with Crippen molar-refractivity contribution in [3.63, 3.8) is 0 Å². The molecule has 5 nitrogen and oxygen atoms in total. The van der Waals surface area contributed by atoms with Crippen LogP contribution in [-0.2, 0) is 17.9 Å². The summed E-state index contributed by atoms with van der Waals surface area (Å²) in [5.74, 6) is 0.126. The summed E-state index contributed by atoms with van der Waals surface area (Å²) in [6.45, 7) is 9.10. The number of Topliss-reactive ketones (excluding diaryl/α,β-unsaturated/α-hetero) is 1. The Balaban J connectivity index is 1.58. The molecule has 34 heavy (non-hydrogen) atoms. The molecule has 4 rings (SSSR count). The van der Waals surface area contributed by atoms with Crippen molar-refractivity contribution in [1.82, 2.24) is 19.9 Å². The highest BCUT2D eigenvalue weighted by Crippen LogP contribution is 2.23. The zero-order valence-electron chi connectivity index (χ0n) is 20.5. The second-order valence-electron chi connectivity index (χ2n) is 9.31. The van der Waals surface area contributed by atoms with E-state index in [-0.39, 0.29) is 5.78 Å². The van der Waals surface area contributed by atoms with E-state index >= 15 is 0 Å². The number of hydrogen-bond donors (Lipinski definition) is 0. The topological polar surface area (TPSA) is 51.0 Å². The van der Waals surface area contributed by atoms with Crippen molar-refractivity contribution < 1.29 is 4.79 Å². The van der Waals surface area contributed by atoms with Crippen LogP contribution in [0.25, 0.3) is 12.2 Å². The van der Waals surface area contributed by atoms with Crippen LogP contribution in [0.3, 0.4) is 0 Å². The third-order valence-corrected chi connectivity index (χ3v) is 6.17. The molecule has 0 atom stereocenters. The first-order valence-electron chi connectivity index (χ1n) is 12.2. The molecule has 1 aliphatic heterocycles. The molecule has 0 bridgehead atoms. The van der Waals surface area contributed by atoms with Crippen LogP contribution in [0.4, 0.5) is 0 Å². The van der Waals surface area contributed by atoms with Gasteiger partial charge in [-0.2, -0.15) is 0 Å². The Bertz CT molecular complexity index is 1100. The number of piperidine rings is 1. The number of aryl methyl sites for hydroxylation is 3. The van der Waals surface area contributed by atoms with E-state index in [2.05, 4.69) is 84.5 Å². The molecule has 0 radical (unpaired) electrons. The molecule has 1 aromatic heterocycles. The summed E-state index contributed by atoms with van der Waals surface area (Å²) in [7, 11) is 0. The van der Waals surface area contributed by atoms with Crippen molar-refractivity contribution in [2.24, 2.45) is 0 Å². The van der Waals surface area contributed by atoms with Crippen LogP contribution in [0.1, 0.15) is 54.1 Å². The average molecular weight is 455 g/mol. The van der Waals surface area contributed by atoms with Crippen molar-refractivity contribution in [3.8, 4) is 0 Å². The van der Waals surface area contributed by atoms with Crippen molar-refractivity contribution in [2.45, 2.75) is 53.1 Å². The van der Waals surface area contributed by atoms with Crippen molar-refractivity contribution in [1.29, 1.82) is 0 Å². The lowest BCUT2D eigenvalue weighted by atomic mass is 9.94. The fourth-order valence-electron chi connectivity index (χ4n) is 4.22. The van der Waals surface area contributed by atoms with Gasteiger partial charge in [-0.05, 0) is 43.5 Å². The molecule has 2 heterocycles. The average Bonchev–Trinajstić information content (AvgIpc) is 3.27. The van der Waals surface area contributed by atoms with E-state index in [1.54, 1.807) is 0 Å². The molecular formula is C29H34N4O. The minimum atomic E-state index is 0.126. The Labute approximate surface area is 202 Å². The summed E-state index contributed by atoms with van der Waals surface area (Å²) >= 11 is 0. The van der Waals surface area contributed by atoms with Gasteiger partial charge in [-0.15, -0.1) is 5.10 Å². The van der Waals surface area contributed by atoms with Gasteiger partial charge in [0.25, 0.3) is 0 Å². The van der Waals surface area contributed by atoms with Gasteiger partial charge in [-0.3, -0.25) is 14.4 Å². The monoisotopic (exact) mass is 454 g/mol. The number of hydrogen-bond acceptors (Lipinski definition) is 4. The van der Waals surface area contributed by atoms with Crippen LogP contribution in [0.5, 0.6) is 0 Å². The van der Waals surface area contributed by atoms with Crippen molar-refractivity contribution in [2.75, 3.05) is 13.1 Å². The zero-order valence-corrected chi connectivity index (χ0v) is 20.5. The molecule has 3 aromatic rings. The van der Waals surface area contributed by atoms with Crippen molar-refractivity contribution in [3.05, 3.63) is 93.8 Å². The molecule has 0 spiro atoms. The van der Waals surface area contributed by atoms with Gasteiger partial charge in [0, 0.05) is 43.5 Å². The number of unbranched alkanes of at least 4 members (excludes halogenated alkanes) is 2. The lowest BCUT2D eigenvalue weighted by molar-refractivity contribution is -0.113. The number of likely N-dealkylation sites (tertiary alicyclic amines) is 1. The number of aromatic nitrogens is 3. The lowest BCUT2D eigenvalue weighted by Gasteiger charge is -2.29. The molecule has 176 valence electrons. The Hall–Kier alpha value is -3.31. The zero-order chi connectivity index (χ0) is 23.9. The van der Waals surface area contributed by atoms with E-state index in [1.807, 2.05) is 23.0 Å². The van der Waals surface area contributed by atoms with Gasteiger partial charge < -0.3 is 0 Å². The van der Waals surface area contributed by atoms with Crippen LogP contribution in [0.15, 0.2) is 65.9 Å². The third kappa shape index (κ3) is 6.39. The summed E-state index contributed by atoms with van der Waals surface area (Å²) in [5, 5.41) is 8.70. The molecule has 5 heteroatoms. The minimum Gasteiger partial charge on any atom is -0.289 e. The summed E-state index contributed by atoms with van der Waals surface area (Å²) in [5.41, 5.74) is 7.07. The fourth-order valence-corrected chi connectivity index (χ4v) is 4.22. The second-order valence-corrected chi connectivity index (χ2v) is 9.31. The normalized spacial score (nSPS) is 17.1. The van der Waals surface area contributed by atoms with Crippen LogP contribution in [-0.4, -0.2) is 38.8 Å². The number of rotatable bonds is 8. The fraction of sp³-hybridized carbons (Fsp3) is 0.345. The molecule has 1 aliphatic rings. The van der Waals surface area contributed by atoms with Crippen LogP contribution in [0.2, 0.25) is 0 Å². The smallest absolute Gasteiger partial charge is 0.187 e. The van der Waals surface area contributed by atoms with E-state index < -0.39 is 0 Å². The largest absolute Gasteiger partial charge is 0.289 e. The van der Waals surface area contributed by atoms with Gasteiger partial charge in [0.2, 0.25) is 0 Å². The molecule has 1 saturated heterocycles. The summed E-state index contributed by atoms with van der Waals surface area (Å²) in [6.07, 6.45) is 9.60. The maximum absolute atomic E-state index is 13.4. The summed E-state index contributed by atoms with van der Waals surface area (Å²) in [6, 6.07) is 16.6. The summed E-state index contributed by atoms with van der Waals surface area (Å²) < 4.78 is 1.94. The Morgan fingerprint density at radius 1 is 0.853 bits per heavy atom. The van der Waals surface area contributed by atoms with Gasteiger partial charge in [0.05, 0.1) is 5.69 Å². The molecule has 0 N–H and O–H groups in total. The Morgan fingerprint density at radius 3 is 1.94 bits per heavy atom. The first-order valence-corrected chi connectivity index (χ1v) is 12.2. The minimum absolute atomic E-state index is 0.126. The summed E-state index contributed by atoms with van der Waals surface area (Å²) in [4.78, 5) is 15.7. The molecule has 0 saturated carbocycles. The standard InChI is InChI=1S/C29H34N4O/c1-4-5-6-15-33-21-28(30-31-33)20-32-18-26(16-24-11-7-22(2)8-12-24)29(34)27(19-32)17-25-13-9-23(3)10-14-25/h7-14,16-17,21H,4-6,15,18-20H2,1-3H3. The highest BCUT2D eigenvalue weighted by molar-refractivity contribution is 6.14. The first kappa shape index (κ1) is 23.8. The van der Waals surface area contributed by atoms with Crippen molar-refractivity contribution >= 4 is 17.9 Å². The number of ketones is 1. The Morgan fingerprint density at radius 2 is 1.41 bits per heavy atom. The predicted molar refractivity (Wildman–Crippen MR) is 138 cm³/mol. The number of nitrogens with zero attached hydrogens (tertiary/aromatic N) is 4. The van der Waals surface area contributed by atoms with Crippen LogP contribution >= 0.6 is 0 Å². The van der Waals surface area contributed by atoms with Crippen LogP contribution in [0, 0.1) is 13.8 Å². The van der Waals surface area contributed by atoms with Crippen LogP contribution < -0.4 is 0 Å². The molecule has 0 aliphatic carbocycles. The third-order valence-electron chi connectivity index (χ3n) is 6.17. The molecule has 1 fully saturated rings. The number of benzene rings is 2. The number of carbonyl (C=O) groups is 1. The number of carbonyl (C=O) groups excluding carboxylic acids is 1.